The third kappa shape index (κ3) is 5.55. The van der Waals surface area contributed by atoms with Crippen molar-refractivity contribution in [2.45, 2.75) is 46.1 Å². The van der Waals surface area contributed by atoms with E-state index in [1.165, 1.54) is 0 Å². The molecule has 0 aromatic heterocycles. The molecule has 2 amide bonds. The molecule has 1 aliphatic rings. The molecular weight excluding hydrogens is 419 g/mol. The average Bonchev–Trinajstić information content (AvgIpc) is 2.65. The van der Waals surface area contributed by atoms with Gasteiger partial charge in [-0.15, -0.1) is 0 Å². The largest absolute Gasteiger partial charge is 0.351 e. The molecule has 0 saturated heterocycles. The molecule has 160 valence electrons. The normalized spacial score (nSPS) is 22.9. The van der Waals surface area contributed by atoms with Crippen LogP contribution in [-0.2, 0) is 0 Å². The molecule has 4 nitrogen and oxygen atoms in total. The number of benzene rings is 2. The third-order valence-corrected chi connectivity index (χ3v) is 6.35. The van der Waals surface area contributed by atoms with Gasteiger partial charge in [-0.2, -0.15) is 0 Å². The summed E-state index contributed by atoms with van der Waals surface area (Å²) in [6.45, 7) is 7.08. The molecule has 0 aliphatic heterocycles. The van der Waals surface area contributed by atoms with Crippen LogP contribution in [-0.4, -0.2) is 24.4 Å². The second-order valence-electron chi connectivity index (χ2n) is 9.37. The lowest BCUT2D eigenvalue weighted by Crippen LogP contribution is -2.50. The number of hydrogen-bond donors (Lipinski definition) is 2. The summed E-state index contributed by atoms with van der Waals surface area (Å²) in [6.07, 6.45) is 2.59. The van der Waals surface area contributed by atoms with E-state index in [9.17, 15) is 9.59 Å². The summed E-state index contributed by atoms with van der Waals surface area (Å²) in [5.74, 6) is -0.340. The van der Waals surface area contributed by atoms with E-state index in [-0.39, 0.29) is 28.7 Å². The second-order valence-corrected chi connectivity index (χ2v) is 10.2. The van der Waals surface area contributed by atoms with Gasteiger partial charge < -0.3 is 10.6 Å². The molecule has 2 aromatic carbocycles. The number of amides is 2. The maximum absolute atomic E-state index is 12.8. The van der Waals surface area contributed by atoms with E-state index in [1.54, 1.807) is 42.5 Å². The van der Waals surface area contributed by atoms with Gasteiger partial charge in [-0.05, 0) is 54.4 Å². The van der Waals surface area contributed by atoms with Crippen LogP contribution >= 0.6 is 23.2 Å². The summed E-state index contributed by atoms with van der Waals surface area (Å²) in [5.41, 5.74) is 0.829. The molecule has 0 heterocycles. The monoisotopic (exact) mass is 446 g/mol. The summed E-state index contributed by atoms with van der Waals surface area (Å²) >= 11 is 12.3. The lowest BCUT2D eigenvalue weighted by molar-refractivity contribution is 0.0592. The molecule has 0 bridgehead atoms. The van der Waals surface area contributed by atoms with Crippen molar-refractivity contribution in [3.63, 3.8) is 0 Å². The average molecular weight is 447 g/mol. The predicted octanol–water partition coefficient (Wildman–Crippen LogP) is 5.74. The van der Waals surface area contributed by atoms with Crippen LogP contribution in [0.2, 0.25) is 10.0 Å². The molecule has 2 N–H and O–H groups in total. The van der Waals surface area contributed by atoms with Gasteiger partial charge in [0.15, 0.2) is 0 Å². The van der Waals surface area contributed by atoms with Gasteiger partial charge in [0.25, 0.3) is 11.8 Å². The lowest BCUT2D eigenvalue weighted by atomic mass is 9.62. The highest BCUT2D eigenvalue weighted by Crippen LogP contribution is 2.46. The first kappa shape index (κ1) is 22.6. The van der Waals surface area contributed by atoms with Gasteiger partial charge in [-0.1, -0.05) is 68.2 Å². The molecule has 2 unspecified atom stereocenters. The molecule has 1 saturated carbocycles. The Kier molecular flexibility index (Phi) is 6.78. The molecule has 30 heavy (non-hydrogen) atoms. The van der Waals surface area contributed by atoms with E-state index in [4.69, 9.17) is 23.2 Å². The Hall–Kier alpha value is -2.04. The molecular formula is C24H28Cl2N2O2. The standard InChI is InChI=1S/C24H28Cl2N2O2/c1-23(2)12-16(28-22(30)18-9-5-7-11-20(18)26)13-24(3,14-23)15-27-21(29)17-8-4-6-10-19(17)25/h4-11,16H,12-15H2,1-3H3,(H,27,29)(H,28,30). The van der Waals surface area contributed by atoms with Crippen LogP contribution in [0.15, 0.2) is 48.5 Å². The van der Waals surface area contributed by atoms with E-state index < -0.39 is 0 Å². The summed E-state index contributed by atoms with van der Waals surface area (Å²) in [4.78, 5) is 25.4. The predicted molar refractivity (Wildman–Crippen MR) is 122 cm³/mol. The van der Waals surface area contributed by atoms with Gasteiger partial charge >= 0.3 is 0 Å². The smallest absolute Gasteiger partial charge is 0.253 e. The Bertz CT molecular complexity index is 944. The number of carbonyl (C=O) groups excluding carboxylic acids is 2. The molecule has 3 rings (SSSR count). The molecule has 1 aliphatic carbocycles. The second kappa shape index (κ2) is 8.99. The Morgan fingerprint density at radius 2 is 1.43 bits per heavy atom. The van der Waals surface area contributed by atoms with Gasteiger partial charge in [0, 0.05) is 12.6 Å². The topological polar surface area (TPSA) is 58.2 Å². The Morgan fingerprint density at radius 1 is 0.900 bits per heavy atom. The number of carbonyl (C=O) groups is 2. The third-order valence-electron chi connectivity index (χ3n) is 5.69. The first-order valence-electron chi connectivity index (χ1n) is 10.2. The van der Waals surface area contributed by atoms with Crippen LogP contribution in [0.4, 0.5) is 0 Å². The highest BCUT2D eigenvalue weighted by molar-refractivity contribution is 6.34. The van der Waals surface area contributed by atoms with Crippen molar-refractivity contribution in [2.24, 2.45) is 10.8 Å². The van der Waals surface area contributed by atoms with E-state index in [0.29, 0.717) is 27.7 Å². The number of hydrogen-bond acceptors (Lipinski definition) is 2. The molecule has 0 spiro atoms. The minimum absolute atomic E-state index is 0.000243. The van der Waals surface area contributed by atoms with Crippen molar-refractivity contribution in [3.05, 3.63) is 69.7 Å². The van der Waals surface area contributed by atoms with Crippen molar-refractivity contribution in [1.29, 1.82) is 0 Å². The summed E-state index contributed by atoms with van der Waals surface area (Å²) in [6, 6.07) is 14.1. The zero-order valence-electron chi connectivity index (χ0n) is 17.6. The van der Waals surface area contributed by atoms with Gasteiger partial charge in [0.1, 0.15) is 0 Å². The maximum atomic E-state index is 12.8. The van der Waals surface area contributed by atoms with E-state index >= 15 is 0 Å². The van der Waals surface area contributed by atoms with Crippen LogP contribution in [0.25, 0.3) is 0 Å². The minimum Gasteiger partial charge on any atom is -0.351 e. The quantitative estimate of drug-likeness (QED) is 0.614. The fraction of sp³-hybridized carbons (Fsp3) is 0.417. The van der Waals surface area contributed by atoms with Crippen LogP contribution < -0.4 is 10.6 Å². The number of halogens is 2. The Labute approximate surface area is 188 Å². The van der Waals surface area contributed by atoms with Gasteiger partial charge in [0.2, 0.25) is 0 Å². The molecule has 2 aromatic rings. The van der Waals surface area contributed by atoms with Gasteiger partial charge in [-0.3, -0.25) is 9.59 Å². The van der Waals surface area contributed by atoms with E-state index in [2.05, 4.69) is 31.4 Å². The van der Waals surface area contributed by atoms with Crippen molar-refractivity contribution < 1.29 is 9.59 Å². The number of nitrogens with one attached hydrogen (secondary N) is 2. The fourth-order valence-electron chi connectivity index (χ4n) is 4.81. The molecule has 0 radical (unpaired) electrons. The first-order valence-corrected chi connectivity index (χ1v) is 10.9. The van der Waals surface area contributed by atoms with Crippen LogP contribution in [0.1, 0.15) is 60.7 Å². The SMILES string of the molecule is CC1(C)CC(NC(=O)c2ccccc2Cl)CC(C)(CNC(=O)c2ccccc2Cl)C1. The van der Waals surface area contributed by atoms with Crippen molar-refractivity contribution in [2.75, 3.05) is 6.54 Å². The fourth-order valence-corrected chi connectivity index (χ4v) is 5.26. The van der Waals surface area contributed by atoms with Crippen LogP contribution in [0.5, 0.6) is 0 Å². The Balaban J connectivity index is 1.69. The first-order chi connectivity index (χ1) is 14.1. The van der Waals surface area contributed by atoms with E-state index in [0.717, 1.165) is 19.3 Å². The van der Waals surface area contributed by atoms with Crippen molar-refractivity contribution in [3.8, 4) is 0 Å². The zero-order chi connectivity index (χ0) is 21.9. The highest BCUT2D eigenvalue weighted by atomic mass is 35.5. The molecule has 6 heteroatoms. The maximum Gasteiger partial charge on any atom is 0.253 e. The summed E-state index contributed by atoms with van der Waals surface area (Å²) in [5, 5.41) is 7.09. The Morgan fingerprint density at radius 3 is 2.00 bits per heavy atom. The summed E-state index contributed by atoms with van der Waals surface area (Å²) in [7, 11) is 0. The van der Waals surface area contributed by atoms with Crippen LogP contribution in [0, 0.1) is 10.8 Å². The summed E-state index contributed by atoms with van der Waals surface area (Å²) < 4.78 is 0. The minimum atomic E-state index is -0.179. The van der Waals surface area contributed by atoms with Crippen molar-refractivity contribution >= 4 is 35.0 Å². The lowest BCUT2D eigenvalue weighted by Gasteiger charge is -2.47. The van der Waals surface area contributed by atoms with E-state index in [1.807, 2.05) is 6.07 Å². The van der Waals surface area contributed by atoms with Gasteiger partial charge in [-0.25, -0.2) is 0 Å². The zero-order valence-corrected chi connectivity index (χ0v) is 19.1. The number of rotatable bonds is 5. The van der Waals surface area contributed by atoms with Gasteiger partial charge in [0.05, 0.1) is 21.2 Å². The van der Waals surface area contributed by atoms with Crippen molar-refractivity contribution in [1.82, 2.24) is 10.6 Å². The van der Waals surface area contributed by atoms with Crippen LogP contribution in [0.3, 0.4) is 0 Å². The molecule has 1 fully saturated rings. The molecule has 2 atom stereocenters. The highest BCUT2D eigenvalue weighted by Gasteiger charge is 2.42.